The molecule has 0 atom stereocenters. The summed E-state index contributed by atoms with van der Waals surface area (Å²) in [5, 5.41) is 10.7. The van der Waals surface area contributed by atoms with Gasteiger partial charge in [-0.2, -0.15) is 0 Å². The summed E-state index contributed by atoms with van der Waals surface area (Å²) in [5.74, 6) is 0.995. The van der Waals surface area contributed by atoms with Gasteiger partial charge in [-0.25, -0.2) is 4.98 Å². The fourth-order valence-electron chi connectivity index (χ4n) is 1.63. The molecule has 22 heavy (non-hydrogen) atoms. The van der Waals surface area contributed by atoms with Crippen LogP contribution in [-0.4, -0.2) is 31.8 Å². The predicted molar refractivity (Wildman–Crippen MR) is 81.1 cm³/mol. The molecule has 0 bridgehead atoms. The van der Waals surface area contributed by atoms with Gasteiger partial charge in [0.2, 0.25) is 11.0 Å². The number of pyridine rings is 2. The highest BCUT2D eigenvalue weighted by molar-refractivity contribution is 8.13. The van der Waals surface area contributed by atoms with Crippen LogP contribution in [0.2, 0.25) is 0 Å². The largest absolute Gasteiger partial charge is 0.411 e. The molecule has 3 rings (SSSR count). The van der Waals surface area contributed by atoms with E-state index < -0.39 is 0 Å². The second-order valence-electron chi connectivity index (χ2n) is 4.15. The van der Waals surface area contributed by atoms with E-state index in [2.05, 4.69) is 25.5 Å². The fourth-order valence-corrected chi connectivity index (χ4v) is 2.17. The number of aromatic nitrogens is 4. The van der Waals surface area contributed by atoms with Crippen LogP contribution >= 0.6 is 11.8 Å². The van der Waals surface area contributed by atoms with E-state index in [9.17, 15) is 4.79 Å². The lowest BCUT2D eigenvalue weighted by atomic mass is 10.3. The molecule has 0 unspecified atom stereocenters. The van der Waals surface area contributed by atoms with Gasteiger partial charge in [0.1, 0.15) is 5.82 Å². The maximum atomic E-state index is 11.9. The highest BCUT2D eigenvalue weighted by atomic mass is 32.2. The molecule has 8 heteroatoms. The van der Waals surface area contributed by atoms with E-state index >= 15 is 0 Å². The van der Waals surface area contributed by atoms with E-state index in [-0.39, 0.29) is 16.9 Å². The Morgan fingerprint density at radius 1 is 1.14 bits per heavy atom. The number of nitrogens with zero attached hydrogens (tertiary/aromatic N) is 4. The van der Waals surface area contributed by atoms with E-state index in [0.717, 1.165) is 17.3 Å². The minimum atomic E-state index is -0.143. The number of nitrogens with one attached hydrogen (secondary N) is 1. The first-order chi connectivity index (χ1) is 10.8. The van der Waals surface area contributed by atoms with E-state index in [1.54, 1.807) is 42.9 Å². The number of carbonyl (C=O) groups is 1. The number of thioether (sulfide) groups is 1. The summed E-state index contributed by atoms with van der Waals surface area (Å²) in [6.07, 6.45) is 4.92. The van der Waals surface area contributed by atoms with Gasteiger partial charge in [0, 0.05) is 35.9 Å². The maximum Gasteiger partial charge on any atom is 0.284 e. The van der Waals surface area contributed by atoms with Crippen molar-refractivity contribution in [2.75, 3.05) is 11.9 Å². The van der Waals surface area contributed by atoms with Crippen molar-refractivity contribution in [2.45, 2.75) is 5.22 Å². The Balaban J connectivity index is 1.57. The second-order valence-corrected chi connectivity index (χ2v) is 5.16. The summed E-state index contributed by atoms with van der Waals surface area (Å²) >= 11 is 0.893. The van der Waals surface area contributed by atoms with Crippen molar-refractivity contribution in [1.29, 1.82) is 0 Å². The van der Waals surface area contributed by atoms with Crippen molar-refractivity contribution < 1.29 is 9.21 Å². The van der Waals surface area contributed by atoms with E-state index in [1.165, 1.54) is 0 Å². The first-order valence-electron chi connectivity index (χ1n) is 6.41. The SMILES string of the molecule is O=C(CNc1ccccn1)Sc1nnc(-c2ccncc2)o1. The van der Waals surface area contributed by atoms with Crippen LogP contribution < -0.4 is 5.32 Å². The molecule has 1 N–H and O–H groups in total. The van der Waals surface area contributed by atoms with Gasteiger partial charge in [0.15, 0.2) is 0 Å². The van der Waals surface area contributed by atoms with Crippen LogP contribution in [0.15, 0.2) is 58.6 Å². The zero-order valence-electron chi connectivity index (χ0n) is 11.3. The lowest BCUT2D eigenvalue weighted by Crippen LogP contribution is -2.11. The van der Waals surface area contributed by atoms with Gasteiger partial charge in [-0.05, 0) is 24.3 Å². The molecule has 3 aromatic rings. The Morgan fingerprint density at radius 2 is 2.00 bits per heavy atom. The molecule has 0 radical (unpaired) electrons. The molecule has 0 saturated heterocycles. The molecule has 0 amide bonds. The molecular formula is C14H11N5O2S. The molecule has 0 aliphatic heterocycles. The molecule has 0 aliphatic carbocycles. The molecule has 3 aromatic heterocycles. The molecule has 0 aliphatic rings. The van der Waals surface area contributed by atoms with Gasteiger partial charge in [-0.3, -0.25) is 9.78 Å². The molecule has 0 saturated carbocycles. The summed E-state index contributed by atoms with van der Waals surface area (Å²) in [6.45, 7) is 0.120. The zero-order chi connectivity index (χ0) is 15.2. The van der Waals surface area contributed by atoms with Crippen LogP contribution in [-0.2, 0) is 4.79 Å². The van der Waals surface area contributed by atoms with Gasteiger partial charge in [-0.1, -0.05) is 6.07 Å². The number of carbonyl (C=O) groups excluding carboxylic acids is 1. The number of hydrogen-bond acceptors (Lipinski definition) is 8. The third kappa shape index (κ3) is 3.67. The third-order valence-corrected chi connectivity index (χ3v) is 3.33. The fraction of sp³-hybridized carbons (Fsp3) is 0.0714. The first kappa shape index (κ1) is 14.2. The Bertz CT molecular complexity index is 748. The van der Waals surface area contributed by atoms with Crippen LogP contribution in [0.3, 0.4) is 0 Å². The lowest BCUT2D eigenvalue weighted by Gasteiger charge is -2.01. The number of anilines is 1. The van der Waals surface area contributed by atoms with Crippen molar-refractivity contribution in [2.24, 2.45) is 0 Å². The third-order valence-electron chi connectivity index (χ3n) is 2.61. The van der Waals surface area contributed by atoms with Gasteiger partial charge >= 0.3 is 0 Å². The number of rotatable bonds is 5. The van der Waals surface area contributed by atoms with Gasteiger partial charge in [0.05, 0.1) is 6.54 Å². The standard InChI is InChI=1S/C14H11N5O2S/c20-12(9-17-11-3-1-2-6-16-11)22-14-19-18-13(21-14)10-4-7-15-8-5-10/h1-8H,9H2,(H,16,17). The Hall–Kier alpha value is -2.74. The van der Waals surface area contributed by atoms with E-state index in [1.807, 2.05) is 6.07 Å². The monoisotopic (exact) mass is 313 g/mol. The number of hydrogen-bond donors (Lipinski definition) is 1. The Morgan fingerprint density at radius 3 is 2.77 bits per heavy atom. The highest BCUT2D eigenvalue weighted by Gasteiger charge is 2.13. The zero-order valence-corrected chi connectivity index (χ0v) is 12.2. The topological polar surface area (TPSA) is 93.8 Å². The quantitative estimate of drug-likeness (QED) is 0.717. The van der Waals surface area contributed by atoms with Crippen molar-refractivity contribution in [1.82, 2.24) is 20.2 Å². The van der Waals surface area contributed by atoms with Crippen molar-refractivity contribution in [3.05, 3.63) is 48.9 Å². The van der Waals surface area contributed by atoms with Gasteiger partial charge in [0.25, 0.3) is 5.22 Å². The van der Waals surface area contributed by atoms with Crippen LogP contribution in [0, 0.1) is 0 Å². The van der Waals surface area contributed by atoms with Crippen molar-refractivity contribution in [3.8, 4) is 11.5 Å². The van der Waals surface area contributed by atoms with Crippen LogP contribution in [0.1, 0.15) is 0 Å². The Kier molecular flexibility index (Phi) is 4.40. The summed E-state index contributed by atoms with van der Waals surface area (Å²) in [6, 6.07) is 8.94. The molecular weight excluding hydrogens is 302 g/mol. The first-order valence-corrected chi connectivity index (χ1v) is 7.22. The summed E-state index contributed by atoms with van der Waals surface area (Å²) in [4.78, 5) is 19.9. The van der Waals surface area contributed by atoms with Crippen molar-refractivity contribution in [3.63, 3.8) is 0 Å². The van der Waals surface area contributed by atoms with E-state index in [0.29, 0.717) is 11.7 Å². The minimum absolute atomic E-state index is 0.120. The molecule has 0 aromatic carbocycles. The highest BCUT2D eigenvalue weighted by Crippen LogP contribution is 2.23. The minimum Gasteiger partial charge on any atom is -0.411 e. The lowest BCUT2D eigenvalue weighted by molar-refractivity contribution is -0.109. The predicted octanol–water partition coefficient (Wildman–Crippen LogP) is 2.26. The van der Waals surface area contributed by atoms with Crippen LogP contribution in [0.5, 0.6) is 0 Å². The smallest absolute Gasteiger partial charge is 0.284 e. The molecule has 7 nitrogen and oxygen atoms in total. The summed E-state index contributed by atoms with van der Waals surface area (Å²) in [7, 11) is 0. The molecule has 110 valence electrons. The summed E-state index contributed by atoms with van der Waals surface area (Å²) < 4.78 is 5.44. The van der Waals surface area contributed by atoms with Gasteiger partial charge in [-0.15, -0.1) is 10.2 Å². The van der Waals surface area contributed by atoms with Gasteiger partial charge < -0.3 is 9.73 Å². The average molecular weight is 313 g/mol. The van der Waals surface area contributed by atoms with Crippen LogP contribution in [0.4, 0.5) is 5.82 Å². The Labute approximate surface area is 130 Å². The molecule has 3 heterocycles. The summed E-state index contributed by atoms with van der Waals surface area (Å²) in [5.41, 5.74) is 0.758. The van der Waals surface area contributed by atoms with Crippen LogP contribution in [0.25, 0.3) is 11.5 Å². The average Bonchev–Trinajstić information content (AvgIpc) is 3.03. The molecule has 0 spiro atoms. The normalized spacial score (nSPS) is 10.4. The maximum absolute atomic E-state index is 11.9. The van der Waals surface area contributed by atoms with E-state index in [4.69, 9.17) is 4.42 Å². The molecule has 0 fully saturated rings. The van der Waals surface area contributed by atoms with Crippen molar-refractivity contribution >= 4 is 22.7 Å². The second kappa shape index (κ2) is 6.81.